The molecule has 2 atom stereocenters. The Morgan fingerprint density at radius 3 is 3.00 bits per heavy atom. The van der Waals surface area contributed by atoms with Crippen LogP contribution in [-0.4, -0.2) is 5.91 Å². The fraction of sp³-hybridized carbons (Fsp3) is 0.375. The molecule has 13 heavy (non-hydrogen) atoms. The molecule has 5 heteroatoms. The number of nitrogens with one attached hydrogen (secondary N) is 2. The van der Waals surface area contributed by atoms with Crippen LogP contribution >= 0.6 is 0 Å². The Balaban J connectivity index is 1.95. The van der Waals surface area contributed by atoms with Crippen LogP contribution in [0.1, 0.15) is 6.42 Å². The molecule has 1 amide bonds. The number of hydrazine groups is 1. The standard InChI is InChI=1S/C8H9N2O.Ir.H2N/c9-10-8(11)7-4-5-1-2-6(7)3-5;;/h1-2,4-6,9H,3H2,(H,10,11);;1H2/q-1;+2;-1. The van der Waals surface area contributed by atoms with Gasteiger partial charge in [-0.1, -0.05) is 0 Å². The van der Waals surface area contributed by atoms with E-state index in [2.05, 4.69) is 21.7 Å². The number of amides is 1. The van der Waals surface area contributed by atoms with Crippen molar-refractivity contribution in [3.05, 3.63) is 23.8 Å². The summed E-state index contributed by atoms with van der Waals surface area (Å²) < 4.78 is 8.04. The minimum atomic E-state index is -0.690. The fourth-order valence-corrected chi connectivity index (χ4v) is 2.26. The van der Waals surface area contributed by atoms with Crippen molar-refractivity contribution in [2.75, 3.05) is 0 Å². The molecule has 2 rings (SSSR count). The predicted molar refractivity (Wildman–Crippen MR) is 44.3 cm³/mol. The number of carbonyl (C=O) groups excluding carboxylic acids is 1. The first-order valence-corrected chi connectivity index (χ1v) is 6.62. The summed E-state index contributed by atoms with van der Waals surface area (Å²) in [5.74, 6) is 0.801. The van der Waals surface area contributed by atoms with E-state index in [0.717, 1.165) is 12.0 Å². The molecule has 2 aliphatic carbocycles. The van der Waals surface area contributed by atoms with Crippen LogP contribution in [0.2, 0.25) is 0 Å². The fourth-order valence-electron chi connectivity index (χ4n) is 1.81. The summed E-state index contributed by atoms with van der Waals surface area (Å²) in [6.07, 6.45) is 7.38. The molecule has 0 aromatic carbocycles. The van der Waals surface area contributed by atoms with E-state index in [1.165, 1.54) is 0 Å². The number of nitrogens with two attached hydrogens (primary N) is 1. The molecule has 0 spiro atoms. The van der Waals surface area contributed by atoms with Crippen molar-refractivity contribution in [1.82, 2.24) is 9.52 Å². The van der Waals surface area contributed by atoms with Gasteiger partial charge in [0.05, 0.1) is 0 Å². The molecule has 2 aliphatic rings. The zero-order valence-corrected chi connectivity index (χ0v) is 9.31. The van der Waals surface area contributed by atoms with Gasteiger partial charge in [-0.2, -0.15) is 0 Å². The van der Waals surface area contributed by atoms with Crippen molar-refractivity contribution >= 4 is 5.91 Å². The van der Waals surface area contributed by atoms with Crippen LogP contribution in [0.5, 0.6) is 0 Å². The quantitative estimate of drug-likeness (QED) is 0.476. The Morgan fingerprint density at radius 2 is 2.46 bits per heavy atom. The van der Waals surface area contributed by atoms with Gasteiger partial charge in [-0.15, -0.1) is 0 Å². The van der Waals surface area contributed by atoms with E-state index < -0.39 is 18.2 Å². The predicted octanol–water partition coefficient (Wildman–Crippen LogP) is -0.389. The average Bonchev–Trinajstić information content (AvgIpc) is 2.74. The van der Waals surface area contributed by atoms with E-state index in [9.17, 15) is 4.79 Å². The normalized spacial score (nSPS) is 29.5. The Hall–Kier alpha value is -0.481. The van der Waals surface area contributed by atoms with Crippen LogP contribution < -0.4 is 13.9 Å². The third-order valence-corrected chi connectivity index (χ3v) is 3.02. The molecule has 0 saturated heterocycles. The second kappa shape index (κ2) is 3.72. The van der Waals surface area contributed by atoms with Gasteiger partial charge < -0.3 is 0 Å². The third-order valence-electron chi connectivity index (χ3n) is 2.38. The molecule has 0 fully saturated rings. The van der Waals surface area contributed by atoms with Crippen molar-refractivity contribution in [2.45, 2.75) is 6.42 Å². The second-order valence-electron chi connectivity index (χ2n) is 3.15. The number of carbonyl (C=O) groups is 1. The molecule has 0 aromatic rings. The molecule has 0 saturated carbocycles. The van der Waals surface area contributed by atoms with Gasteiger partial charge in [0.1, 0.15) is 0 Å². The monoisotopic (exact) mass is 358 g/mol. The Morgan fingerprint density at radius 1 is 1.62 bits per heavy atom. The topological polar surface area (TPSA) is 67.2 Å². The summed E-state index contributed by atoms with van der Waals surface area (Å²) in [4.78, 5) is 11.5. The Labute approximate surface area is 85.1 Å². The van der Waals surface area contributed by atoms with E-state index >= 15 is 0 Å². The van der Waals surface area contributed by atoms with Crippen LogP contribution in [-0.2, 0) is 23.0 Å². The van der Waals surface area contributed by atoms with Crippen LogP contribution in [0.15, 0.2) is 23.8 Å². The average molecular weight is 357 g/mol. The number of rotatable bonds is 3. The zero-order chi connectivity index (χ0) is 9.26. The Bertz CT molecular complexity index is 287. The molecular weight excluding hydrogens is 346 g/mol. The van der Waals surface area contributed by atoms with Crippen LogP contribution in [0, 0.1) is 11.8 Å². The van der Waals surface area contributed by atoms with Gasteiger partial charge in [-0.25, -0.2) is 0 Å². The first kappa shape index (κ1) is 9.09. The van der Waals surface area contributed by atoms with E-state index in [0.29, 0.717) is 11.8 Å². The maximum absolute atomic E-state index is 11.5. The molecule has 4 N–H and O–H groups in total. The molecule has 0 radical (unpaired) electrons. The molecule has 4 nitrogen and oxygen atoms in total. The van der Waals surface area contributed by atoms with E-state index in [1.54, 1.807) is 0 Å². The van der Waals surface area contributed by atoms with Gasteiger partial charge in [0.2, 0.25) is 0 Å². The van der Waals surface area contributed by atoms with E-state index in [1.807, 2.05) is 6.08 Å². The number of hydrogen-bond donors (Lipinski definition) is 3. The molecule has 0 aromatic heterocycles. The molecule has 0 heterocycles. The first-order chi connectivity index (χ1) is 6.31. The van der Waals surface area contributed by atoms with Crippen molar-refractivity contribution in [3.63, 3.8) is 0 Å². The number of hydrogen-bond acceptors (Lipinski definition) is 3. The summed E-state index contributed by atoms with van der Waals surface area (Å²) in [7, 11) is 0. The Kier molecular flexibility index (Phi) is 2.60. The maximum atomic E-state index is 11.5. The SMILES string of the molecule is [NH2][Ir][NH]NC(=O)C1=CC2C=CC1C2. The molecule has 2 bridgehead atoms. The van der Waals surface area contributed by atoms with Crippen LogP contribution in [0.4, 0.5) is 0 Å². The summed E-state index contributed by atoms with van der Waals surface area (Å²) in [6.45, 7) is 0. The van der Waals surface area contributed by atoms with Crippen molar-refractivity contribution < 1.29 is 23.0 Å². The van der Waals surface area contributed by atoms with E-state index in [-0.39, 0.29) is 5.91 Å². The van der Waals surface area contributed by atoms with Crippen LogP contribution in [0.3, 0.4) is 0 Å². The van der Waals surface area contributed by atoms with Crippen molar-refractivity contribution in [2.24, 2.45) is 16.2 Å². The molecular formula is C8H11IrN3O. The summed E-state index contributed by atoms with van der Waals surface area (Å²) in [5, 5.41) is 0. The van der Waals surface area contributed by atoms with Gasteiger partial charge in [0.25, 0.3) is 0 Å². The van der Waals surface area contributed by atoms with Gasteiger partial charge in [0, 0.05) is 0 Å². The summed E-state index contributed by atoms with van der Waals surface area (Å²) >= 11 is -0.690. The van der Waals surface area contributed by atoms with Crippen molar-refractivity contribution in [3.8, 4) is 0 Å². The second-order valence-corrected chi connectivity index (χ2v) is 4.44. The third kappa shape index (κ3) is 1.74. The molecule has 73 valence electrons. The van der Waals surface area contributed by atoms with E-state index in [4.69, 9.17) is 4.40 Å². The van der Waals surface area contributed by atoms with Crippen LogP contribution in [0.25, 0.3) is 0 Å². The minimum absolute atomic E-state index is 0.0222. The first-order valence-electron chi connectivity index (χ1n) is 4.04. The number of fused-ring (bicyclic) bond motifs is 2. The zero-order valence-electron chi connectivity index (χ0n) is 6.91. The van der Waals surface area contributed by atoms with Gasteiger partial charge in [-0.3, -0.25) is 0 Å². The molecule has 0 aliphatic heterocycles. The summed E-state index contributed by atoms with van der Waals surface area (Å²) in [5.41, 5.74) is 3.49. The number of allylic oxidation sites excluding steroid dienone is 3. The van der Waals surface area contributed by atoms with Gasteiger partial charge in [0.15, 0.2) is 0 Å². The molecule has 2 unspecified atom stereocenters. The van der Waals surface area contributed by atoms with Crippen molar-refractivity contribution in [1.29, 1.82) is 0 Å². The van der Waals surface area contributed by atoms with Gasteiger partial charge in [-0.05, 0) is 0 Å². The van der Waals surface area contributed by atoms with Gasteiger partial charge >= 0.3 is 84.9 Å². The summed E-state index contributed by atoms with van der Waals surface area (Å²) in [6, 6.07) is 0.